The average Bonchev–Trinajstić information content (AvgIpc) is 3.29. The predicted molar refractivity (Wildman–Crippen MR) is 132 cm³/mol. The summed E-state index contributed by atoms with van der Waals surface area (Å²) < 4.78 is 52.6. The number of halogens is 4. The van der Waals surface area contributed by atoms with E-state index in [0.717, 1.165) is 31.5 Å². The molecule has 0 aromatic heterocycles. The molecule has 0 spiro atoms. The first-order valence-corrected chi connectivity index (χ1v) is 12.9. The zero-order valence-electron chi connectivity index (χ0n) is 22.2. The molecule has 2 N–H and O–H groups in total. The van der Waals surface area contributed by atoms with E-state index in [1.54, 1.807) is 0 Å². The molecule has 1 aliphatic carbocycles. The van der Waals surface area contributed by atoms with Crippen LogP contribution in [0.3, 0.4) is 0 Å². The SMILES string of the molecule is CC(C)C[C@@H](CN(C(=O)O)C(C)(C)C)C(=O)N[C@@H]1CC[C@H]2CN(Cc3ccc(C(F)(F)F)c(F)c3)C[C@H]21. The van der Waals surface area contributed by atoms with Crippen molar-refractivity contribution in [2.75, 3.05) is 19.6 Å². The number of hydrogen-bond donors (Lipinski definition) is 2. The summed E-state index contributed by atoms with van der Waals surface area (Å²) in [5.41, 5.74) is -1.41. The van der Waals surface area contributed by atoms with E-state index in [4.69, 9.17) is 0 Å². The summed E-state index contributed by atoms with van der Waals surface area (Å²) in [6, 6.07) is 3.02. The van der Waals surface area contributed by atoms with Crippen LogP contribution >= 0.6 is 0 Å². The van der Waals surface area contributed by atoms with Crippen molar-refractivity contribution in [3.05, 3.63) is 35.1 Å². The summed E-state index contributed by atoms with van der Waals surface area (Å²) in [7, 11) is 0. The third kappa shape index (κ3) is 7.36. The number of rotatable bonds is 8. The largest absolute Gasteiger partial charge is 0.465 e. The molecule has 2 fully saturated rings. The molecule has 1 heterocycles. The van der Waals surface area contributed by atoms with Crippen LogP contribution < -0.4 is 5.32 Å². The smallest absolute Gasteiger partial charge is 0.419 e. The van der Waals surface area contributed by atoms with Crippen LogP contribution in [0, 0.1) is 29.5 Å². The monoisotopic (exact) mass is 529 g/mol. The Bertz CT molecular complexity index is 977. The minimum atomic E-state index is -4.72. The number of amides is 2. The van der Waals surface area contributed by atoms with Gasteiger partial charge in [-0.2, -0.15) is 13.2 Å². The Morgan fingerprint density at radius 3 is 2.38 bits per heavy atom. The van der Waals surface area contributed by atoms with Gasteiger partial charge in [0.2, 0.25) is 5.91 Å². The third-order valence-corrected chi connectivity index (χ3v) is 7.58. The number of likely N-dealkylation sites (tertiary alicyclic amines) is 1. The van der Waals surface area contributed by atoms with E-state index in [0.29, 0.717) is 31.0 Å². The van der Waals surface area contributed by atoms with Gasteiger partial charge >= 0.3 is 12.3 Å². The molecule has 0 unspecified atom stereocenters. The van der Waals surface area contributed by atoms with Crippen LogP contribution in [-0.2, 0) is 17.5 Å². The first kappa shape index (κ1) is 29.2. The number of carbonyl (C=O) groups is 2. The fraction of sp³-hybridized carbons (Fsp3) is 0.704. The molecule has 10 heteroatoms. The van der Waals surface area contributed by atoms with E-state index >= 15 is 0 Å². The van der Waals surface area contributed by atoms with Gasteiger partial charge in [-0.25, -0.2) is 9.18 Å². The number of fused-ring (bicyclic) bond motifs is 1. The lowest BCUT2D eigenvalue weighted by atomic mass is 9.92. The van der Waals surface area contributed by atoms with Crippen molar-refractivity contribution in [1.82, 2.24) is 15.1 Å². The molecule has 1 aromatic rings. The topological polar surface area (TPSA) is 72.9 Å². The minimum Gasteiger partial charge on any atom is -0.465 e. The van der Waals surface area contributed by atoms with E-state index in [9.17, 15) is 32.3 Å². The maximum atomic E-state index is 14.0. The zero-order valence-corrected chi connectivity index (χ0v) is 22.2. The molecule has 6 nitrogen and oxygen atoms in total. The van der Waals surface area contributed by atoms with Gasteiger partial charge in [0.25, 0.3) is 0 Å². The number of carbonyl (C=O) groups excluding carboxylic acids is 1. The average molecular weight is 530 g/mol. The van der Waals surface area contributed by atoms with Gasteiger partial charge < -0.3 is 15.3 Å². The standard InChI is InChI=1S/C27H39F4N3O3/c1-16(2)10-19(14-34(25(36)37)26(3,4)5)24(35)32-23-9-7-18-13-33(15-20(18)23)12-17-6-8-21(22(28)11-17)27(29,30)31/h6,8,11,16,18-20,23H,7,9-10,12-15H2,1-5H3,(H,32,35)(H,36,37)/t18-,19-,20+,23+/m0/s1. The molecule has 2 aliphatic rings. The van der Waals surface area contributed by atoms with Gasteiger partial charge in [-0.1, -0.05) is 19.9 Å². The highest BCUT2D eigenvalue weighted by Crippen LogP contribution is 2.39. The van der Waals surface area contributed by atoms with Crippen molar-refractivity contribution in [1.29, 1.82) is 0 Å². The van der Waals surface area contributed by atoms with Gasteiger partial charge in [-0.05, 0) is 75.5 Å². The lowest BCUT2D eigenvalue weighted by molar-refractivity contribution is -0.140. The maximum Gasteiger partial charge on any atom is 0.419 e. The second kappa shape index (κ2) is 11.2. The van der Waals surface area contributed by atoms with Gasteiger partial charge in [0.05, 0.1) is 11.5 Å². The van der Waals surface area contributed by atoms with Crippen LogP contribution in [0.1, 0.15) is 65.0 Å². The maximum absolute atomic E-state index is 14.0. The van der Waals surface area contributed by atoms with Crippen molar-refractivity contribution in [2.45, 2.75) is 78.2 Å². The highest BCUT2D eigenvalue weighted by atomic mass is 19.4. The van der Waals surface area contributed by atoms with Crippen molar-refractivity contribution >= 4 is 12.0 Å². The Morgan fingerprint density at radius 1 is 1.16 bits per heavy atom. The van der Waals surface area contributed by atoms with Crippen LogP contribution in [0.25, 0.3) is 0 Å². The van der Waals surface area contributed by atoms with Crippen LogP contribution in [0.5, 0.6) is 0 Å². The molecule has 1 aliphatic heterocycles. The second-order valence-electron chi connectivity index (χ2n) is 12.0. The van der Waals surface area contributed by atoms with Crippen molar-refractivity contribution < 1.29 is 32.3 Å². The molecule has 1 saturated carbocycles. The number of nitrogens with zero attached hydrogens (tertiary/aromatic N) is 2. The quantitative estimate of drug-likeness (QED) is 0.430. The summed E-state index contributed by atoms with van der Waals surface area (Å²) in [5, 5.41) is 12.9. The summed E-state index contributed by atoms with van der Waals surface area (Å²) in [6.07, 6.45) is -3.45. The second-order valence-corrected chi connectivity index (χ2v) is 12.0. The van der Waals surface area contributed by atoms with Gasteiger partial charge in [0.1, 0.15) is 5.82 Å². The van der Waals surface area contributed by atoms with Gasteiger partial charge in [-0.15, -0.1) is 0 Å². The summed E-state index contributed by atoms with van der Waals surface area (Å²) in [6.45, 7) is 11.3. The van der Waals surface area contributed by atoms with Crippen molar-refractivity contribution in [3.63, 3.8) is 0 Å². The molecular weight excluding hydrogens is 490 g/mol. The third-order valence-electron chi connectivity index (χ3n) is 7.58. The number of alkyl halides is 3. The van der Waals surface area contributed by atoms with E-state index in [1.165, 1.54) is 11.0 Å². The van der Waals surface area contributed by atoms with E-state index in [2.05, 4.69) is 10.2 Å². The fourth-order valence-electron chi connectivity index (χ4n) is 5.80. The number of benzene rings is 1. The van der Waals surface area contributed by atoms with Crippen LogP contribution in [0.2, 0.25) is 0 Å². The van der Waals surface area contributed by atoms with Crippen LogP contribution in [0.4, 0.5) is 22.4 Å². The molecular formula is C27H39F4N3O3. The number of carboxylic acid groups (broad SMARTS) is 1. The molecule has 208 valence electrons. The lowest BCUT2D eigenvalue weighted by Crippen LogP contribution is -2.51. The lowest BCUT2D eigenvalue weighted by Gasteiger charge is -2.36. The number of nitrogens with one attached hydrogen (secondary N) is 1. The van der Waals surface area contributed by atoms with Crippen LogP contribution in [0.15, 0.2) is 18.2 Å². The minimum absolute atomic E-state index is 0.0468. The van der Waals surface area contributed by atoms with E-state index in [-0.39, 0.29) is 30.3 Å². The van der Waals surface area contributed by atoms with Crippen molar-refractivity contribution in [3.8, 4) is 0 Å². The predicted octanol–water partition coefficient (Wildman–Crippen LogP) is 5.61. The Balaban J connectivity index is 1.64. The van der Waals surface area contributed by atoms with Gasteiger partial charge in [0, 0.05) is 37.8 Å². The fourth-order valence-corrected chi connectivity index (χ4v) is 5.80. The normalized spacial score (nSPS) is 23.2. The summed E-state index contributed by atoms with van der Waals surface area (Å²) in [5.74, 6) is -1.12. The molecule has 1 saturated heterocycles. The Labute approximate surface area is 216 Å². The molecule has 3 rings (SSSR count). The zero-order chi connectivity index (χ0) is 27.7. The first-order valence-electron chi connectivity index (χ1n) is 12.9. The molecule has 0 radical (unpaired) electrons. The molecule has 37 heavy (non-hydrogen) atoms. The number of hydrogen-bond acceptors (Lipinski definition) is 3. The Morgan fingerprint density at radius 2 is 1.84 bits per heavy atom. The molecule has 1 aromatic carbocycles. The highest BCUT2D eigenvalue weighted by Gasteiger charge is 2.44. The summed E-state index contributed by atoms with van der Waals surface area (Å²) >= 11 is 0. The Hall–Kier alpha value is -2.36. The van der Waals surface area contributed by atoms with Crippen LogP contribution in [-0.4, -0.2) is 58.1 Å². The molecule has 2 amide bonds. The van der Waals surface area contributed by atoms with Gasteiger partial charge in [-0.3, -0.25) is 9.69 Å². The molecule has 0 bridgehead atoms. The van der Waals surface area contributed by atoms with E-state index < -0.39 is 35.1 Å². The summed E-state index contributed by atoms with van der Waals surface area (Å²) in [4.78, 5) is 28.6. The first-order chi connectivity index (χ1) is 17.1. The van der Waals surface area contributed by atoms with E-state index in [1.807, 2.05) is 34.6 Å². The molecule has 4 atom stereocenters. The highest BCUT2D eigenvalue weighted by molar-refractivity contribution is 5.80. The van der Waals surface area contributed by atoms with Crippen molar-refractivity contribution in [2.24, 2.45) is 23.7 Å². The Kier molecular flexibility index (Phi) is 8.82. The van der Waals surface area contributed by atoms with Gasteiger partial charge in [0.15, 0.2) is 0 Å².